The molecular weight excluding hydrogens is 292 g/mol. The molecule has 1 aliphatic rings. The monoisotopic (exact) mass is 314 g/mol. The summed E-state index contributed by atoms with van der Waals surface area (Å²) in [4.78, 5) is 16.8. The van der Waals surface area contributed by atoms with Crippen molar-refractivity contribution in [2.45, 2.75) is 51.0 Å². The minimum atomic E-state index is -0.355. The number of nitrogen functional groups attached to an aromatic ring is 1. The summed E-state index contributed by atoms with van der Waals surface area (Å²) < 4.78 is 5.34. The molecule has 0 saturated heterocycles. The largest absolute Gasteiger partial charge is 0.398 e. The van der Waals surface area contributed by atoms with E-state index in [1.54, 1.807) is 24.3 Å². The molecule has 1 amide bonds. The molecule has 3 N–H and O–H groups in total. The van der Waals surface area contributed by atoms with Crippen LogP contribution in [0.4, 0.5) is 5.69 Å². The van der Waals surface area contributed by atoms with E-state index in [0.29, 0.717) is 23.1 Å². The molecule has 2 aromatic rings. The van der Waals surface area contributed by atoms with Gasteiger partial charge in [-0.3, -0.25) is 4.79 Å². The maximum atomic E-state index is 12.3. The molecule has 0 aliphatic heterocycles. The molecule has 0 spiro atoms. The van der Waals surface area contributed by atoms with E-state index in [4.69, 9.17) is 10.3 Å². The van der Waals surface area contributed by atoms with Crippen molar-refractivity contribution in [3.05, 3.63) is 41.5 Å². The molecule has 0 bridgehead atoms. The second-order valence-corrected chi connectivity index (χ2v) is 6.11. The van der Waals surface area contributed by atoms with Crippen LogP contribution in [0.1, 0.15) is 73.1 Å². The topological polar surface area (TPSA) is 94.0 Å². The van der Waals surface area contributed by atoms with E-state index in [1.807, 2.05) is 6.92 Å². The van der Waals surface area contributed by atoms with Gasteiger partial charge in [-0.25, -0.2) is 0 Å². The van der Waals surface area contributed by atoms with Crippen molar-refractivity contribution in [1.29, 1.82) is 0 Å². The zero-order valence-corrected chi connectivity index (χ0v) is 13.3. The number of amides is 1. The molecule has 1 aromatic heterocycles. The van der Waals surface area contributed by atoms with Gasteiger partial charge < -0.3 is 15.6 Å². The van der Waals surface area contributed by atoms with E-state index in [0.717, 1.165) is 18.7 Å². The Bertz CT molecular complexity index is 677. The van der Waals surface area contributed by atoms with Crippen LogP contribution in [0.5, 0.6) is 0 Å². The summed E-state index contributed by atoms with van der Waals surface area (Å²) in [6, 6.07) is 6.62. The second-order valence-electron chi connectivity index (χ2n) is 6.11. The lowest BCUT2D eigenvalue weighted by atomic mass is 9.89. The number of hydrogen-bond donors (Lipinski definition) is 2. The molecule has 23 heavy (non-hydrogen) atoms. The summed E-state index contributed by atoms with van der Waals surface area (Å²) in [7, 11) is 0. The molecule has 6 heteroatoms. The van der Waals surface area contributed by atoms with Crippen molar-refractivity contribution in [2.75, 3.05) is 5.73 Å². The lowest BCUT2D eigenvalue weighted by Crippen LogP contribution is -2.27. The minimum absolute atomic E-state index is 0.243. The highest BCUT2D eigenvalue weighted by atomic mass is 16.5. The highest BCUT2D eigenvalue weighted by molar-refractivity contribution is 5.99. The van der Waals surface area contributed by atoms with Gasteiger partial charge in [0.1, 0.15) is 6.04 Å². The third kappa shape index (κ3) is 3.52. The van der Waals surface area contributed by atoms with Gasteiger partial charge in [0.2, 0.25) is 5.89 Å². The Labute approximate surface area is 135 Å². The Morgan fingerprint density at radius 1 is 1.30 bits per heavy atom. The number of nitrogens with two attached hydrogens (primary N) is 1. The fraction of sp³-hybridized carbons (Fsp3) is 0.471. The molecule has 1 fully saturated rings. The van der Waals surface area contributed by atoms with Gasteiger partial charge in [-0.2, -0.15) is 4.98 Å². The summed E-state index contributed by atoms with van der Waals surface area (Å²) in [6.07, 6.45) is 5.94. The molecule has 0 radical (unpaired) electrons. The smallest absolute Gasteiger partial charge is 0.254 e. The molecular formula is C17H22N4O2. The van der Waals surface area contributed by atoms with Gasteiger partial charge >= 0.3 is 0 Å². The first kappa shape index (κ1) is 15.5. The van der Waals surface area contributed by atoms with E-state index >= 15 is 0 Å². The number of carbonyl (C=O) groups excluding carboxylic acids is 1. The van der Waals surface area contributed by atoms with Crippen molar-refractivity contribution >= 4 is 11.6 Å². The highest BCUT2D eigenvalue weighted by Gasteiger charge is 2.23. The number of hydrogen-bond acceptors (Lipinski definition) is 5. The number of rotatable bonds is 4. The summed E-state index contributed by atoms with van der Waals surface area (Å²) in [5, 5.41) is 6.95. The Hall–Kier alpha value is -2.37. The van der Waals surface area contributed by atoms with Crippen molar-refractivity contribution in [1.82, 2.24) is 15.5 Å². The van der Waals surface area contributed by atoms with Gasteiger partial charge in [0.25, 0.3) is 5.91 Å². The number of nitrogens with one attached hydrogen (secondary N) is 1. The summed E-state index contributed by atoms with van der Waals surface area (Å²) >= 11 is 0. The van der Waals surface area contributed by atoms with Gasteiger partial charge in [-0.1, -0.05) is 36.6 Å². The molecule has 3 rings (SSSR count). The van der Waals surface area contributed by atoms with E-state index in [1.165, 1.54) is 19.3 Å². The second kappa shape index (κ2) is 6.81. The normalized spacial score (nSPS) is 16.9. The van der Waals surface area contributed by atoms with Crippen molar-refractivity contribution < 1.29 is 9.32 Å². The first-order valence-corrected chi connectivity index (χ1v) is 8.14. The summed E-state index contributed by atoms with van der Waals surface area (Å²) in [5.41, 5.74) is 6.73. The lowest BCUT2D eigenvalue weighted by molar-refractivity contribution is 0.0933. The fourth-order valence-corrected chi connectivity index (χ4v) is 2.99. The molecule has 1 aromatic carbocycles. The average molecular weight is 314 g/mol. The van der Waals surface area contributed by atoms with Crippen LogP contribution in [-0.2, 0) is 0 Å². The molecule has 1 atom stereocenters. The van der Waals surface area contributed by atoms with Crippen LogP contribution < -0.4 is 11.1 Å². The molecule has 1 saturated carbocycles. The van der Waals surface area contributed by atoms with Crippen molar-refractivity contribution in [3.63, 3.8) is 0 Å². The van der Waals surface area contributed by atoms with Crippen LogP contribution in [0.15, 0.2) is 28.8 Å². The van der Waals surface area contributed by atoms with Crippen LogP contribution in [0.3, 0.4) is 0 Å². The first-order chi connectivity index (χ1) is 11.1. The van der Waals surface area contributed by atoms with Gasteiger partial charge in [-0.05, 0) is 31.9 Å². The third-order valence-electron chi connectivity index (χ3n) is 4.35. The average Bonchev–Trinajstić information content (AvgIpc) is 3.06. The third-order valence-corrected chi connectivity index (χ3v) is 4.35. The maximum absolute atomic E-state index is 12.3. The molecule has 1 heterocycles. The summed E-state index contributed by atoms with van der Waals surface area (Å²) in [5.74, 6) is 1.34. The standard InChI is InChI=1S/C17H22N4O2/c1-11(19-16(22)13-9-5-6-10-14(13)18)17-20-15(21-23-17)12-7-3-2-4-8-12/h5-6,9-12H,2-4,7-8,18H2,1H3,(H,19,22). The highest BCUT2D eigenvalue weighted by Crippen LogP contribution is 2.31. The molecule has 6 nitrogen and oxygen atoms in total. The van der Waals surface area contributed by atoms with E-state index in [2.05, 4.69) is 15.5 Å². The van der Waals surface area contributed by atoms with Gasteiger partial charge in [0, 0.05) is 11.6 Å². The zero-order chi connectivity index (χ0) is 16.2. The molecule has 1 aliphatic carbocycles. The molecule has 1 unspecified atom stereocenters. The zero-order valence-electron chi connectivity index (χ0n) is 13.3. The molecule has 122 valence electrons. The van der Waals surface area contributed by atoms with E-state index < -0.39 is 0 Å². The number of aromatic nitrogens is 2. The number of para-hydroxylation sites is 1. The maximum Gasteiger partial charge on any atom is 0.254 e. The predicted octanol–water partition coefficient (Wildman–Crippen LogP) is 3.19. The Kier molecular flexibility index (Phi) is 4.60. The van der Waals surface area contributed by atoms with Gasteiger partial charge in [-0.15, -0.1) is 0 Å². The first-order valence-electron chi connectivity index (χ1n) is 8.14. The lowest BCUT2D eigenvalue weighted by Gasteiger charge is -2.17. The Morgan fingerprint density at radius 3 is 2.78 bits per heavy atom. The van der Waals surface area contributed by atoms with Crippen LogP contribution in [-0.4, -0.2) is 16.0 Å². The fourth-order valence-electron chi connectivity index (χ4n) is 2.99. The summed E-state index contributed by atoms with van der Waals surface area (Å²) in [6.45, 7) is 1.83. The Balaban J connectivity index is 1.66. The van der Waals surface area contributed by atoms with Crippen LogP contribution in [0.25, 0.3) is 0 Å². The number of anilines is 1. The minimum Gasteiger partial charge on any atom is -0.398 e. The Morgan fingerprint density at radius 2 is 2.04 bits per heavy atom. The quantitative estimate of drug-likeness (QED) is 0.845. The SMILES string of the molecule is CC(NC(=O)c1ccccc1N)c1nc(C2CCCCC2)no1. The van der Waals surface area contributed by atoms with Crippen LogP contribution >= 0.6 is 0 Å². The van der Waals surface area contributed by atoms with Gasteiger partial charge in [0.05, 0.1) is 5.56 Å². The van der Waals surface area contributed by atoms with Crippen LogP contribution in [0.2, 0.25) is 0 Å². The van der Waals surface area contributed by atoms with Crippen molar-refractivity contribution in [2.24, 2.45) is 0 Å². The van der Waals surface area contributed by atoms with E-state index in [-0.39, 0.29) is 11.9 Å². The van der Waals surface area contributed by atoms with E-state index in [9.17, 15) is 4.79 Å². The number of carbonyl (C=O) groups is 1. The number of nitrogens with zero attached hydrogens (tertiary/aromatic N) is 2. The van der Waals surface area contributed by atoms with Crippen LogP contribution in [0, 0.1) is 0 Å². The van der Waals surface area contributed by atoms with Gasteiger partial charge in [0.15, 0.2) is 5.82 Å². The predicted molar refractivity (Wildman–Crippen MR) is 86.9 cm³/mol. The van der Waals surface area contributed by atoms with Crippen molar-refractivity contribution in [3.8, 4) is 0 Å². The number of benzene rings is 1.